The number of imide groups is 1. The second-order valence-electron chi connectivity index (χ2n) is 8.45. The molecule has 1 unspecified atom stereocenters. The van der Waals surface area contributed by atoms with Crippen molar-refractivity contribution < 1.29 is 23.9 Å². The Bertz CT molecular complexity index is 1090. The summed E-state index contributed by atoms with van der Waals surface area (Å²) in [4.78, 5) is 43.0. The maximum Gasteiger partial charge on any atom is 0.240 e. The minimum atomic E-state index is -1.27. The van der Waals surface area contributed by atoms with Crippen LogP contribution in [0.25, 0.3) is 0 Å². The van der Waals surface area contributed by atoms with Gasteiger partial charge in [-0.2, -0.15) is 0 Å². The van der Waals surface area contributed by atoms with E-state index in [1.807, 2.05) is 18.2 Å². The Balaban J connectivity index is 1.65. The van der Waals surface area contributed by atoms with Crippen molar-refractivity contribution >= 4 is 29.3 Å². The fourth-order valence-corrected chi connectivity index (χ4v) is 5.03. The van der Waals surface area contributed by atoms with Crippen molar-refractivity contribution in [3.05, 3.63) is 64.2 Å². The van der Waals surface area contributed by atoms with Gasteiger partial charge in [0.2, 0.25) is 17.7 Å². The second kappa shape index (κ2) is 9.53. The molecule has 2 aromatic rings. The van der Waals surface area contributed by atoms with Crippen LogP contribution >= 0.6 is 11.6 Å². The number of fused-ring (bicyclic) bond motifs is 1. The number of carbonyl (C=O) groups is 3. The first kappa shape index (κ1) is 23.3. The van der Waals surface area contributed by atoms with Gasteiger partial charge in [-0.3, -0.25) is 19.3 Å². The molecule has 7 nitrogen and oxygen atoms in total. The lowest BCUT2D eigenvalue weighted by Crippen LogP contribution is -2.45. The zero-order valence-electron chi connectivity index (χ0n) is 18.8. The van der Waals surface area contributed by atoms with Gasteiger partial charge in [0.05, 0.1) is 25.7 Å². The molecule has 2 aliphatic heterocycles. The first-order valence-electron chi connectivity index (χ1n) is 10.9. The van der Waals surface area contributed by atoms with E-state index in [0.717, 1.165) is 11.1 Å². The molecule has 2 aliphatic rings. The summed E-state index contributed by atoms with van der Waals surface area (Å²) >= 11 is 6.32. The Morgan fingerprint density at radius 3 is 2.70 bits per heavy atom. The van der Waals surface area contributed by atoms with Crippen LogP contribution in [0.15, 0.2) is 42.5 Å². The Morgan fingerprint density at radius 2 is 1.94 bits per heavy atom. The largest absolute Gasteiger partial charge is 0.497 e. The van der Waals surface area contributed by atoms with E-state index >= 15 is 0 Å². The third-order valence-electron chi connectivity index (χ3n) is 6.56. The Labute approximate surface area is 198 Å². The van der Waals surface area contributed by atoms with Gasteiger partial charge in [0.15, 0.2) is 0 Å². The minimum absolute atomic E-state index is 0.0648. The summed E-state index contributed by atoms with van der Waals surface area (Å²) in [6, 6.07) is 12.8. The van der Waals surface area contributed by atoms with Crippen molar-refractivity contribution in [3.63, 3.8) is 0 Å². The van der Waals surface area contributed by atoms with Crippen molar-refractivity contribution in [2.45, 2.75) is 31.2 Å². The van der Waals surface area contributed by atoms with E-state index in [4.69, 9.17) is 21.1 Å². The predicted molar refractivity (Wildman–Crippen MR) is 123 cm³/mol. The molecule has 0 N–H and O–H groups in total. The second-order valence-corrected chi connectivity index (χ2v) is 8.86. The molecule has 1 atom stereocenters. The normalized spacial score (nSPS) is 20.2. The maximum atomic E-state index is 13.6. The number of nitrogens with zero attached hydrogens (tertiary/aromatic N) is 2. The van der Waals surface area contributed by atoms with Gasteiger partial charge < -0.3 is 14.4 Å². The Kier molecular flexibility index (Phi) is 6.72. The molecule has 0 radical (unpaired) electrons. The maximum absolute atomic E-state index is 13.6. The summed E-state index contributed by atoms with van der Waals surface area (Å²) in [6.07, 6.45) is 0.495. The lowest BCUT2D eigenvalue weighted by molar-refractivity contribution is -0.143. The summed E-state index contributed by atoms with van der Waals surface area (Å²) in [5.41, 5.74) is 1.40. The smallest absolute Gasteiger partial charge is 0.240 e. The van der Waals surface area contributed by atoms with Gasteiger partial charge in [0.25, 0.3) is 0 Å². The van der Waals surface area contributed by atoms with Crippen LogP contribution in [-0.4, -0.2) is 61.4 Å². The number of carbonyl (C=O) groups excluding carboxylic acids is 3. The quantitative estimate of drug-likeness (QED) is 0.581. The highest BCUT2D eigenvalue weighted by molar-refractivity contribution is 6.31. The fourth-order valence-electron chi connectivity index (χ4n) is 4.74. The van der Waals surface area contributed by atoms with E-state index < -0.39 is 5.41 Å². The van der Waals surface area contributed by atoms with Crippen LogP contribution in [0.2, 0.25) is 5.02 Å². The van der Waals surface area contributed by atoms with Crippen LogP contribution in [0, 0.1) is 0 Å². The molecule has 174 valence electrons. The average Bonchev–Trinajstić information content (AvgIpc) is 3.07. The molecule has 1 fully saturated rings. The van der Waals surface area contributed by atoms with Gasteiger partial charge in [-0.1, -0.05) is 35.9 Å². The van der Waals surface area contributed by atoms with Crippen molar-refractivity contribution in [2.24, 2.45) is 0 Å². The van der Waals surface area contributed by atoms with Gasteiger partial charge >= 0.3 is 0 Å². The van der Waals surface area contributed by atoms with Crippen LogP contribution in [-0.2, 0) is 37.5 Å². The average molecular weight is 471 g/mol. The van der Waals surface area contributed by atoms with E-state index in [1.54, 1.807) is 36.3 Å². The van der Waals surface area contributed by atoms with Gasteiger partial charge in [0, 0.05) is 38.1 Å². The topological polar surface area (TPSA) is 76.2 Å². The third-order valence-corrected chi connectivity index (χ3v) is 6.92. The molecule has 0 aromatic heterocycles. The van der Waals surface area contributed by atoms with Crippen molar-refractivity contribution in [2.75, 3.05) is 33.9 Å². The van der Waals surface area contributed by atoms with Gasteiger partial charge in [0.1, 0.15) is 5.75 Å². The molecule has 8 heteroatoms. The van der Waals surface area contributed by atoms with Crippen LogP contribution in [0.3, 0.4) is 0 Å². The lowest BCUT2D eigenvalue weighted by Gasteiger charge is -2.33. The van der Waals surface area contributed by atoms with E-state index in [2.05, 4.69) is 0 Å². The molecular formula is C25H27ClN2O5. The summed E-state index contributed by atoms with van der Waals surface area (Å²) in [6.45, 7) is 1.34. The number of rotatable bonds is 7. The van der Waals surface area contributed by atoms with E-state index in [1.165, 1.54) is 12.0 Å². The van der Waals surface area contributed by atoms with Gasteiger partial charge in [-0.05, 0) is 41.3 Å². The number of methoxy groups -OCH3 is 2. The summed E-state index contributed by atoms with van der Waals surface area (Å²) < 4.78 is 10.4. The van der Waals surface area contributed by atoms with E-state index in [0.29, 0.717) is 35.8 Å². The first-order valence-corrected chi connectivity index (χ1v) is 11.3. The van der Waals surface area contributed by atoms with Gasteiger partial charge in [-0.15, -0.1) is 0 Å². The minimum Gasteiger partial charge on any atom is -0.497 e. The number of benzene rings is 2. The molecule has 2 heterocycles. The monoisotopic (exact) mass is 470 g/mol. The SMILES string of the molecule is COCCN1C(=O)CC(CC(=O)N2CCc3c(Cl)cccc3C2)(c2cccc(OC)c2)C1=O. The van der Waals surface area contributed by atoms with Crippen LogP contribution in [0.5, 0.6) is 5.75 Å². The molecule has 3 amide bonds. The molecular weight excluding hydrogens is 444 g/mol. The number of ether oxygens (including phenoxy) is 2. The summed E-state index contributed by atoms with van der Waals surface area (Å²) in [5.74, 6) is -0.273. The van der Waals surface area contributed by atoms with Crippen LogP contribution in [0.1, 0.15) is 29.5 Å². The molecule has 0 spiro atoms. The highest BCUT2D eigenvalue weighted by atomic mass is 35.5. The molecule has 1 saturated heterocycles. The molecule has 0 bridgehead atoms. The zero-order valence-corrected chi connectivity index (χ0v) is 19.6. The van der Waals surface area contributed by atoms with Crippen molar-refractivity contribution in [1.29, 1.82) is 0 Å². The molecule has 0 saturated carbocycles. The first-order chi connectivity index (χ1) is 15.9. The third kappa shape index (κ3) is 4.35. The Hall–Kier alpha value is -2.90. The highest BCUT2D eigenvalue weighted by Crippen LogP contribution is 2.41. The number of hydrogen-bond donors (Lipinski definition) is 0. The van der Waals surface area contributed by atoms with E-state index in [9.17, 15) is 14.4 Å². The summed E-state index contributed by atoms with van der Waals surface area (Å²) in [7, 11) is 3.06. The molecule has 0 aliphatic carbocycles. The molecule has 2 aromatic carbocycles. The van der Waals surface area contributed by atoms with Crippen molar-refractivity contribution in [3.8, 4) is 5.75 Å². The van der Waals surface area contributed by atoms with E-state index in [-0.39, 0.29) is 43.7 Å². The zero-order chi connectivity index (χ0) is 23.6. The standard InChI is InChI=1S/C25H27ClN2O5/c1-32-12-11-28-23(30)15-25(24(28)31,18-6-4-7-19(13-18)33-2)14-22(29)27-10-9-20-17(16-27)5-3-8-21(20)26/h3-8,13H,9-12,14-16H2,1-2H3. The fraction of sp³-hybridized carbons (Fsp3) is 0.400. The number of amides is 3. The van der Waals surface area contributed by atoms with Crippen LogP contribution in [0.4, 0.5) is 0 Å². The van der Waals surface area contributed by atoms with Crippen molar-refractivity contribution in [1.82, 2.24) is 9.80 Å². The number of halogens is 1. The lowest BCUT2D eigenvalue weighted by atomic mass is 9.75. The number of hydrogen-bond acceptors (Lipinski definition) is 5. The Morgan fingerprint density at radius 1 is 1.15 bits per heavy atom. The predicted octanol–water partition coefficient (Wildman–Crippen LogP) is 2.97. The van der Waals surface area contributed by atoms with Gasteiger partial charge in [-0.25, -0.2) is 0 Å². The molecule has 33 heavy (non-hydrogen) atoms. The number of likely N-dealkylation sites (tertiary alicyclic amines) is 1. The highest BCUT2D eigenvalue weighted by Gasteiger charge is 2.54. The molecule has 4 rings (SSSR count). The van der Waals surface area contributed by atoms with Crippen LogP contribution < -0.4 is 4.74 Å². The summed E-state index contributed by atoms with van der Waals surface area (Å²) in [5, 5.41) is 0.706.